The normalized spacial score (nSPS) is 42.5. The first-order valence-electron chi connectivity index (χ1n) is 24.3. The molecule has 0 aromatic heterocycles. The first-order chi connectivity index (χ1) is 30.1. The lowest BCUT2D eigenvalue weighted by Gasteiger charge is -2.51. The zero-order valence-electron chi connectivity index (χ0n) is 45.2. The minimum Gasteiger partial charge on any atom is -0.459 e. The van der Waals surface area contributed by atoms with Crippen LogP contribution in [-0.2, 0) is 56.4 Å². The van der Waals surface area contributed by atoms with Crippen LogP contribution >= 0.6 is 0 Å². The smallest absolute Gasteiger partial charge is 0.311 e. The van der Waals surface area contributed by atoms with Crippen LogP contribution in [0.25, 0.3) is 0 Å². The Morgan fingerprint density at radius 3 is 1.88 bits per heavy atom. The standard InChI is InChI=1S/C48H94N2O14Si2/c1-24-35-48(12,53)40(51)30(4)37(49-64-45(8,9)54-15)28(2)26-46(10,55-16)41(61-44-39(62-65(18,19)20)34(50(13)14)25-29(3)57-44)31(5)38(32(6)43(52)59-35)60-36-27-47(11,56-17)42(33(7)58-36)63-66(21,22)23/h28-36,38-42,44,51,53H,24-27H2,1-23H3/t28-,29-,30+,31-,32-,33+,34+,35-,36+,38+,39-,40+,41-,42+,44+,46-,47-,48-/m1/s1. The Bertz CT molecular complexity index is 1580. The predicted octanol–water partition coefficient (Wildman–Crippen LogP) is 7.34. The summed E-state index contributed by atoms with van der Waals surface area (Å²) in [5.41, 5.74) is -3.44. The molecule has 3 aliphatic rings. The van der Waals surface area contributed by atoms with Gasteiger partial charge in [0.1, 0.15) is 17.8 Å². The van der Waals surface area contributed by atoms with Gasteiger partial charge >= 0.3 is 5.97 Å². The second kappa shape index (κ2) is 23.0. The fourth-order valence-corrected chi connectivity index (χ4v) is 12.4. The number of cyclic esters (lactones) is 1. The van der Waals surface area contributed by atoms with Gasteiger partial charge in [-0.25, -0.2) is 0 Å². The molecular formula is C48H94N2O14Si2. The van der Waals surface area contributed by atoms with Crippen molar-refractivity contribution in [3.8, 4) is 0 Å². The van der Waals surface area contributed by atoms with Crippen molar-refractivity contribution in [1.82, 2.24) is 4.90 Å². The van der Waals surface area contributed by atoms with Crippen molar-refractivity contribution in [1.29, 1.82) is 0 Å². The zero-order chi connectivity index (χ0) is 50.7. The van der Waals surface area contributed by atoms with E-state index in [1.54, 1.807) is 48.8 Å². The average molecular weight is 979 g/mol. The van der Waals surface area contributed by atoms with Gasteiger partial charge in [-0.3, -0.25) is 4.79 Å². The van der Waals surface area contributed by atoms with E-state index in [4.69, 9.17) is 51.6 Å². The number of aliphatic hydroxyl groups excluding tert-OH is 1. The van der Waals surface area contributed by atoms with Crippen LogP contribution in [0.15, 0.2) is 5.16 Å². The van der Waals surface area contributed by atoms with E-state index in [0.29, 0.717) is 12.1 Å². The summed E-state index contributed by atoms with van der Waals surface area (Å²) in [6.45, 7) is 35.1. The lowest BCUT2D eigenvalue weighted by atomic mass is 9.73. The molecule has 388 valence electrons. The molecule has 0 aromatic carbocycles. The van der Waals surface area contributed by atoms with Crippen LogP contribution in [0, 0.1) is 23.7 Å². The Morgan fingerprint density at radius 2 is 1.38 bits per heavy atom. The number of methoxy groups -OCH3 is 3. The third-order valence-electron chi connectivity index (χ3n) is 14.1. The Morgan fingerprint density at radius 1 is 0.818 bits per heavy atom. The van der Waals surface area contributed by atoms with Crippen LogP contribution in [0.2, 0.25) is 39.3 Å². The number of nitrogens with zero attached hydrogens (tertiary/aromatic N) is 2. The van der Waals surface area contributed by atoms with Crippen molar-refractivity contribution in [2.45, 2.75) is 238 Å². The number of hydrogen-bond acceptors (Lipinski definition) is 16. The van der Waals surface area contributed by atoms with Crippen molar-refractivity contribution in [3.05, 3.63) is 0 Å². The first kappa shape index (κ1) is 59.2. The number of ether oxygens (including phenoxy) is 8. The van der Waals surface area contributed by atoms with E-state index in [0.717, 1.165) is 6.42 Å². The minimum absolute atomic E-state index is 0.0377. The molecule has 3 saturated heterocycles. The number of rotatable bonds is 15. The SMILES string of the molecule is CC[C@H]1OC(=O)[C@H](C)[C@@H](O[C@H]2C[C@@](C)(OC)[C@@H](O[Si](C)(C)C)[C@H](C)O2)[C@@H](C)[C@@H](O[C@@H]2O[C@H](C)C[C@H](N(C)C)[C@H]2O[Si](C)(C)C)[C@](C)(OC)C[C@@H](C)C(=NOC(C)(C)OC)[C@H](C)[C@H](O)[C@]1(C)O. The molecule has 0 unspecified atom stereocenters. The van der Waals surface area contributed by atoms with Crippen LogP contribution in [-0.4, -0.2) is 169 Å². The lowest BCUT2D eigenvalue weighted by Crippen LogP contribution is -2.63. The highest BCUT2D eigenvalue weighted by molar-refractivity contribution is 6.70. The number of oxime groups is 1. The van der Waals surface area contributed by atoms with Gasteiger partial charge in [-0.1, -0.05) is 32.9 Å². The highest BCUT2D eigenvalue weighted by Crippen LogP contribution is 2.43. The highest BCUT2D eigenvalue weighted by atomic mass is 28.4. The van der Waals surface area contributed by atoms with E-state index in [-0.39, 0.29) is 31.1 Å². The van der Waals surface area contributed by atoms with E-state index in [1.165, 1.54) is 14.0 Å². The van der Waals surface area contributed by atoms with Gasteiger partial charge in [0.05, 0.1) is 59.5 Å². The van der Waals surface area contributed by atoms with Crippen molar-refractivity contribution >= 4 is 28.3 Å². The summed E-state index contributed by atoms with van der Waals surface area (Å²) in [6, 6.07) is -0.0377. The molecule has 0 saturated carbocycles. The second-order valence-electron chi connectivity index (χ2n) is 22.9. The van der Waals surface area contributed by atoms with Crippen LogP contribution in [0.3, 0.4) is 0 Å². The maximum atomic E-state index is 14.8. The molecule has 0 bridgehead atoms. The summed E-state index contributed by atoms with van der Waals surface area (Å²) < 4.78 is 66.4. The average Bonchev–Trinajstić information content (AvgIpc) is 3.20. The van der Waals surface area contributed by atoms with E-state index in [1.807, 2.05) is 55.6 Å². The number of carbonyl (C=O) groups excluding carboxylic acids is 1. The maximum absolute atomic E-state index is 14.8. The van der Waals surface area contributed by atoms with E-state index in [9.17, 15) is 15.0 Å². The van der Waals surface area contributed by atoms with Gasteiger partial charge in [-0.05, 0) is 114 Å². The molecule has 0 aliphatic carbocycles. The molecule has 0 spiro atoms. The molecule has 3 rings (SSSR count). The van der Waals surface area contributed by atoms with E-state index in [2.05, 4.69) is 49.3 Å². The van der Waals surface area contributed by atoms with E-state index >= 15 is 0 Å². The number of esters is 1. The first-order valence-corrected chi connectivity index (χ1v) is 31.1. The van der Waals surface area contributed by atoms with Crippen LogP contribution in [0.4, 0.5) is 0 Å². The predicted molar refractivity (Wildman–Crippen MR) is 260 cm³/mol. The largest absolute Gasteiger partial charge is 0.459 e. The van der Waals surface area contributed by atoms with Gasteiger partial charge in [0, 0.05) is 65.4 Å². The summed E-state index contributed by atoms with van der Waals surface area (Å²) in [4.78, 5) is 23.0. The highest BCUT2D eigenvalue weighted by Gasteiger charge is 2.55. The molecule has 66 heavy (non-hydrogen) atoms. The van der Waals surface area contributed by atoms with Crippen molar-refractivity contribution in [2.75, 3.05) is 35.4 Å². The Kier molecular flexibility index (Phi) is 20.6. The molecular weight excluding hydrogens is 885 g/mol. The summed E-state index contributed by atoms with van der Waals surface area (Å²) in [7, 11) is 4.68. The minimum atomic E-state index is -2.19. The summed E-state index contributed by atoms with van der Waals surface area (Å²) in [6.07, 6.45) is -5.99. The van der Waals surface area contributed by atoms with Crippen molar-refractivity contribution in [3.63, 3.8) is 0 Å². The monoisotopic (exact) mass is 979 g/mol. The quantitative estimate of drug-likeness (QED) is 0.0721. The third kappa shape index (κ3) is 14.7. The van der Waals surface area contributed by atoms with Crippen molar-refractivity contribution < 1.29 is 66.6 Å². The lowest BCUT2D eigenvalue weighted by molar-refractivity contribution is -0.316. The van der Waals surface area contributed by atoms with Crippen LogP contribution in [0.1, 0.15) is 109 Å². The topological polar surface area (TPSA) is 175 Å². The van der Waals surface area contributed by atoms with Crippen LogP contribution < -0.4 is 0 Å². The van der Waals surface area contributed by atoms with Crippen LogP contribution in [0.5, 0.6) is 0 Å². The van der Waals surface area contributed by atoms with Gasteiger partial charge in [0.15, 0.2) is 29.2 Å². The van der Waals surface area contributed by atoms with Crippen molar-refractivity contribution in [2.24, 2.45) is 28.8 Å². The Balaban J connectivity index is 2.39. The fourth-order valence-electron chi connectivity index (χ4n) is 10.1. The molecule has 16 nitrogen and oxygen atoms in total. The Labute approximate surface area is 400 Å². The second-order valence-corrected chi connectivity index (χ2v) is 31.8. The summed E-state index contributed by atoms with van der Waals surface area (Å²) in [5.74, 6) is -4.58. The fraction of sp³-hybridized carbons (Fsp3) is 0.958. The molecule has 3 aliphatic heterocycles. The summed E-state index contributed by atoms with van der Waals surface area (Å²) >= 11 is 0. The molecule has 18 atom stereocenters. The van der Waals surface area contributed by atoms with Gasteiger partial charge in [-0.15, -0.1) is 0 Å². The van der Waals surface area contributed by atoms with Gasteiger partial charge in [0.2, 0.25) is 5.79 Å². The zero-order valence-corrected chi connectivity index (χ0v) is 47.2. The van der Waals surface area contributed by atoms with Gasteiger partial charge < -0.3 is 66.7 Å². The maximum Gasteiger partial charge on any atom is 0.311 e. The van der Waals surface area contributed by atoms with Gasteiger partial charge in [-0.2, -0.15) is 0 Å². The van der Waals surface area contributed by atoms with Gasteiger partial charge in [0.25, 0.3) is 0 Å². The Hall–Kier alpha value is -1.11. The molecule has 18 heteroatoms. The van der Waals surface area contributed by atoms with E-state index < -0.39 is 118 Å². The molecule has 2 N–H and O–H groups in total. The number of likely N-dealkylation sites (N-methyl/N-ethyl adjacent to an activating group) is 1. The molecule has 0 amide bonds. The molecule has 0 radical (unpaired) electrons. The summed E-state index contributed by atoms with van der Waals surface area (Å²) in [5, 5.41) is 29.1. The molecule has 3 fully saturated rings. The number of hydrogen-bond donors (Lipinski definition) is 2. The molecule has 0 aromatic rings. The number of aliphatic hydroxyl groups is 2. The molecule has 3 heterocycles. The number of carbonyl (C=O) groups is 1. The third-order valence-corrected chi connectivity index (χ3v) is 16.0.